The van der Waals surface area contributed by atoms with Crippen LogP contribution in [0.5, 0.6) is 0 Å². The van der Waals surface area contributed by atoms with Gasteiger partial charge in [-0.05, 0) is 83.1 Å². The van der Waals surface area contributed by atoms with Crippen molar-refractivity contribution >= 4 is 39.2 Å². The number of hydrogen-bond donors (Lipinski definition) is 3. The molecule has 0 saturated heterocycles. The van der Waals surface area contributed by atoms with Crippen molar-refractivity contribution < 1.29 is 27.1 Å². The number of aliphatic hydroxyl groups excluding tert-OH is 1. The van der Waals surface area contributed by atoms with Crippen LogP contribution in [0.25, 0.3) is 0 Å². The number of aromatic nitrogens is 2. The topological polar surface area (TPSA) is 131 Å². The molecule has 1 aliphatic carbocycles. The van der Waals surface area contributed by atoms with E-state index in [0.29, 0.717) is 29.3 Å². The van der Waals surface area contributed by atoms with Crippen molar-refractivity contribution in [2.75, 3.05) is 33.9 Å². The van der Waals surface area contributed by atoms with Gasteiger partial charge in [-0.2, -0.15) is 4.98 Å². The van der Waals surface area contributed by atoms with E-state index in [9.17, 15) is 22.7 Å². The van der Waals surface area contributed by atoms with E-state index in [-0.39, 0.29) is 36.0 Å². The highest BCUT2D eigenvalue weighted by Gasteiger charge is 2.36. The fourth-order valence-corrected chi connectivity index (χ4v) is 6.92. The van der Waals surface area contributed by atoms with Crippen molar-refractivity contribution in [1.29, 1.82) is 0 Å². The lowest BCUT2D eigenvalue weighted by Gasteiger charge is -2.39. The minimum Gasteiger partial charge on any atom is -0.391 e. The summed E-state index contributed by atoms with van der Waals surface area (Å²) in [6.45, 7) is 3.77. The predicted octanol–water partition coefficient (Wildman–Crippen LogP) is 4.31. The van der Waals surface area contributed by atoms with Crippen LogP contribution in [0.3, 0.4) is 0 Å². The lowest BCUT2D eigenvalue weighted by atomic mass is 9.88. The van der Waals surface area contributed by atoms with Crippen molar-refractivity contribution in [3.05, 3.63) is 71.4 Å². The molecule has 0 bridgehead atoms. The molecule has 1 aromatic heterocycles. The van der Waals surface area contributed by atoms with Crippen LogP contribution in [0.1, 0.15) is 44.2 Å². The summed E-state index contributed by atoms with van der Waals surface area (Å²) in [4.78, 5) is 27.8. The molecule has 2 aliphatic rings. The van der Waals surface area contributed by atoms with Gasteiger partial charge in [0.25, 0.3) is 0 Å². The second-order valence-corrected chi connectivity index (χ2v) is 13.5. The Kier molecular flexibility index (Phi) is 9.05. The second kappa shape index (κ2) is 12.6. The number of sulfonamides is 1. The number of carbonyl (C=O) groups is 1. The van der Waals surface area contributed by atoms with Gasteiger partial charge in [0.05, 0.1) is 24.1 Å². The Morgan fingerprint density at radius 2 is 1.84 bits per heavy atom. The van der Waals surface area contributed by atoms with Crippen LogP contribution in [0.2, 0.25) is 0 Å². The third kappa shape index (κ3) is 6.92. The number of amides is 2. The third-order valence-corrected chi connectivity index (χ3v) is 9.17. The predicted molar refractivity (Wildman–Crippen MR) is 165 cm³/mol. The van der Waals surface area contributed by atoms with E-state index in [1.807, 2.05) is 32.8 Å². The van der Waals surface area contributed by atoms with Crippen LogP contribution < -0.4 is 19.8 Å². The van der Waals surface area contributed by atoms with Crippen molar-refractivity contribution in [3.63, 3.8) is 0 Å². The summed E-state index contributed by atoms with van der Waals surface area (Å²) >= 11 is 0. The van der Waals surface area contributed by atoms with E-state index >= 15 is 4.39 Å². The van der Waals surface area contributed by atoms with E-state index in [1.165, 1.54) is 34.1 Å². The van der Waals surface area contributed by atoms with E-state index in [1.54, 1.807) is 6.20 Å². The van der Waals surface area contributed by atoms with E-state index < -0.39 is 39.5 Å². The van der Waals surface area contributed by atoms with Gasteiger partial charge >= 0.3 is 6.03 Å². The normalized spacial score (nSPS) is 20.7. The van der Waals surface area contributed by atoms with E-state index in [0.717, 1.165) is 31.0 Å². The smallest absolute Gasteiger partial charge is 0.330 e. The molecule has 3 N–H and O–H groups in total. The molecule has 14 heteroatoms. The molecule has 0 radical (unpaired) electrons. The van der Waals surface area contributed by atoms with Gasteiger partial charge in [-0.3, -0.25) is 14.5 Å². The summed E-state index contributed by atoms with van der Waals surface area (Å²) in [6.07, 6.45) is 3.37. The van der Waals surface area contributed by atoms with Gasteiger partial charge in [0, 0.05) is 35.6 Å². The van der Waals surface area contributed by atoms with Crippen LogP contribution in [0.4, 0.5) is 36.7 Å². The van der Waals surface area contributed by atoms with Crippen LogP contribution in [-0.2, 0) is 22.3 Å². The number of nitrogens with one attached hydrogen (secondary N) is 2. The molecule has 236 valence electrons. The van der Waals surface area contributed by atoms with Gasteiger partial charge in [0.2, 0.25) is 16.0 Å². The van der Waals surface area contributed by atoms with Gasteiger partial charge in [-0.15, -0.1) is 0 Å². The highest BCUT2D eigenvalue weighted by molar-refractivity contribution is 7.91. The molecule has 1 aliphatic heterocycles. The Hall–Kier alpha value is -3.88. The summed E-state index contributed by atoms with van der Waals surface area (Å²) in [5.74, 6) is -1.00. The number of fused-ring (bicyclic) bond motifs is 1. The standard InChI is InChI=1S/C30H37F2N7O4S/c1-18(2)39-28-20(15-33-29(35-28)34-22-9-12-26(37(3)4)27(40)13-22)16-38(30(39)41)23-10-11-25(24(32)14-23)36-44(42,43)17-19-5-7-21(31)8-6-19/h5-8,10-11,14-15,18,22,26-27,36,40H,9,12-13,16-17H2,1-4H3,(H,33,34,35)/t22-,26-,27-/m1/s1. The van der Waals surface area contributed by atoms with E-state index in [2.05, 4.69) is 20.0 Å². The molecule has 2 heterocycles. The van der Waals surface area contributed by atoms with Crippen molar-refractivity contribution in [2.24, 2.45) is 0 Å². The molecule has 1 saturated carbocycles. The molecule has 3 atom stereocenters. The third-order valence-electron chi connectivity index (χ3n) is 7.93. The summed E-state index contributed by atoms with van der Waals surface area (Å²) in [6, 6.07) is 8.20. The Morgan fingerprint density at radius 3 is 2.48 bits per heavy atom. The monoisotopic (exact) mass is 629 g/mol. The molecule has 3 aromatic rings. The minimum atomic E-state index is -4.00. The number of carbonyl (C=O) groups excluding carboxylic acids is 1. The lowest BCUT2D eigenvalue weighted by molar-refractivity contribution is 0.0393. The second-order valence-electron chi connectivity index (χ2n) is 11.8. The van der Waals surface area contributed by atoms with E-state index in [4.69, 9.17) is 0 Å². The Morgan fingerprint density at radius 1 is 1.11 bits per heavy atom. The largest absolute Gasteiger partial charge is 0.391 e. The number of hydrogen-bond acceptors (Lipinski definition) is 8. The average Bonchev–Trinajstić information content (AvgIpc) is 2.94. The lowest BCUT2D eigenvalue weighted by Crippen LogP contribution is -2.51. The maximum absolute atomic E-state index is 15.2. The maximum Gasteiger partial charge on any atom is 0.330 e. The van der Waals surface area contributed by atoms with Crippen LogP contribution in [-0.4, -0.2) is 72.7 Å². The van der Waals surface area contributed by atoms with Crippen LogP contribution >= 0.6 is 0 Å². The first kappa shape index (κ1) is 31.5. The van der Waals surface area contributed by atoms with Gasteiger partial charge in [-0.25, -0.2) is 27.0 Å². The summed E-state index contributed by atoms with van der Waals surface area (Å²) in [7, 11) is -0.0848. The molecule has 2 aromatic carbocycles. The minimum absolute atomic E-state index is 0.0165. The molecule has 0 unspecified atom stereocenters. The Labute approximate surface area is 256 Å². The number of urea groups is 1. The van der Waals surface area contributed by atoms with Gasteiger partial charge in [0.1, 0.15) is 17.5 Å². The van der Waals surface area contributed by atoms with Gasteiger partial charge < -0.3 is 15.3 Å². The number of nitrogens with zero attached hydrogens (tertiary/aromatic N) is 5. The summed E-state index contributed by atoms with van der Waals surface area (Å²) in [5, 5.41) is 13.9. The number of rotatable bonds is 9. The molecule has 2 amide bonds. The number of halogens is 2. The summed E-state index contributed by atoms with van der Waals surface area (Å²) in [5.41, 5.74) is 0.964. The zero-order chi connectivity index (χ0) is 31.8. The molecule has 11 nitrogen and oxygen atoms in total. The maximum atomic E-state index is 15.2. The van der Waals surface area contributed by atoms with Gasteiger partial charge in [0.15, 0.2) is 0 Å². The first-order valence-electron chi connectivity index (χ1n) is 14.4. The molecule has 0 spiro atoms. The molecular formula is C30H37F2N7O4S. The van der Waals surface area contributed by atoms with Crippen molar-refractivity contribution in [2.45, 2.75) is 69.6 Å². The van der Waals surface area contributed by atoms with Crippen molar-refractivity contribution in [1.82, 2.24) is 14.9 Å². The number of benzene rings is 2. The highest BCUT2D eigenvalue weighted by Crippen LogP contribution is 2.34. The fourth-order valence-electron chi connectivity index (χ4n) is 5.72. The zero-order valence-electron chi connectivity index (χ0n) is 25.0. The Balaban J connectivity index is 1.32. The number of aliphatic hydroxyl groups is 1. The van der Waals surface area contributed by atoms with Crippen LogP contribution in [0, 0.1) is 11.6 Å². The molecular weight excluding hydrogens is 592 g/mol. The number of likely N-dealkylation sites (N-methyl/N-ethyl adjacent to an activating group) is 1. The fraction of sp³-hybridized carbons (Fsp3) is 0.433. The molecule has 44 heavy (non-hydrogen) atoms. The van der Waals surface area contributed by atoms with Crippen molar-refractivity contribution in [3.8, 4) is 0 Å². The van der Waals surface area contributed by atoms with Gasteiger partial charge in [-0.1, -0.05) is 12.1 Å². The Bertz CT molecular complexity index is 1620. The quantitative estimate of drug-likeness (QED) is 0.319. The SMILES string of the molecule is CC(C)N1C(=O)N(c2ccc(NS(=O)(=O)Cc3ccc(F)cc3)c(F)c2)Cc2cnc(N[C@@H]3CC[C@@H](N(C)C)[C@H](O)C3)nc21. The van der Waals surface area contributed by atoms with Crippen LogP contribution in [0.15, 0.2) is 48.7 Å². The average molecular weight is 630 g/mol. The first-order valence-corrected chi connectivity index (χ1v) is 16.1. The highest BCUT2D eigenvalue weighted by atomic mass is 32.2. The number of anilines is 4. The molecule has 5 rings (SSSR count). The molecule has 1 fully saturated rings. The summed E-state index contributed by atoms with van der Waals surface area (Å²) < 4.78 is 55.9. The first-order chi connectivity index (χ1) is 20.8. The zero-order valence-corrected chi connectivity index (χ0v) is 25.9.